The lowest BCUT2D eigenvalue weighted by Gasteiger charge is -2.34. The molecule has 1 fully saturated rings. The summed E-state index contributed by atoms with van der Waals surface area (Å²) in [6, 6.07) is 13.5. The smallest absolute Gasteiger partial charge is 0.252 e. The van der Waals surface area contributed by atoms with Gasteiger partial charge in [0.1, 0.15) is 4.21 Å². The van der Waals surface area contributed by atoms with E-state index in [4.69, 9.17) is 0 Å². The van der Waals surface area contributed by atoms with E-state index in [1.807, 2.05) is 31.2 Å². The van der Waals surface area contributed by atoms with Crippen molar-refractivity contribution >= 4 is 27.3 Å². The summed E-state index contributed by atoms with van der Waals surface area (Å²) in [7, 11) is -3.54. The first-order valence-corrected chi connectivity index (χ1v) is 12.2. The predicted octanol–water partition coefficient (Wildman–Crippen LogP) is 3.71. The molecule has 0 spiro atoms. The molecule has 2 aromatic rings. The Hall–Kier alpha value is -1.96. The Kier molecular flexibility index (Phi) is 7.27. The van der Waals surface area contributed by atoms with Crippen molar-refractivity contribution in [2.75, 3.05) is 26.2 Å². The van der Waals surface area contributed by atoms with Gasteiger partial charge in [-0.2, -0.15) is 4.31 Å². The van der Waals surface area contributed by atoms with Gasteiger partial charge in [0.15, 0.2) is 0 Å². The molecule has 1 unspecified atom stereocenters. The van der Waals surface area contributed by atoms with Gasteiger partial charge in [-0.25, -0.2) is 8.42 Å². The third-order valence-electron chi connectivity index (χ3n) is 5.22. The number of hydrogen-bond donors (Lipinski definition) is 0. The highest BCUT2D eigenvalue weighted by Gasteiger charge is 2.35. The SMILES string of the molecule is C=CCN(CCc1ccccc1)C(=O)C1CCCN(S(=O)(=O)c2ccc(C)s2)C1. The van der Waals surface area contributed by atoms with E-state index >= 15 is 0 Å². The van der Waals surface area contributed by atoms with Crippen LogP contribution in [0.4, 0.5) is 0 Å². The van der Waals surface area contributed by atoms with E-state index in [0.29, 0.717) is 36.7 Å². The zero-order chi connectivity index (χ0) is 20.9. The van der Waals surface area contributed by atoms with Gasteiger partial charge in [0, 0.05) is 31.1 Å². The highest BCUT2D eigenvalue weighted by atomic mass is 32.2. The number of carbonyl (C=O) groups is 1. The Bertz CT molecular complexity index is 938. The molecule has 1 aromatic carbocycles. The Morgan fingerprint density at radius 3 is 2.69 bits per heavy atom. The van der Waals surface area contributed by atoms with Crippen molar-refractivity contribution in [2.24, 2.45) is 5.92 Å². The lowest BCUT2D eigenvalue weighted by atomic mass is 9.97. The molecule has 1 atom stereocenters. The van der Waals surface area contributed by atoms with E-state index in [1.54, 1.807) is 17.0 Å². The molecule has 0 N–H and O–H groups in total. The van der Waals surface area contributed by atoms with E-state index < -0.39 is 10.0 Å². The molecule has 0 radical (unpaired) electrons. The summed E-state index contributed by atoms with van der Waals surface area (Å²) in [6.45, 7) is 7.46. The number of benzene rings is 1. The molecule has 1 saturated heterocycles. The average Bonchev–Trinajstić information content (AvgIpc) is 3.18. The van der Waals surface area contributed by atoms with Crippen LogP contribution in [-0.4, -0.2) is 49.7 Å². The number of piperidine rings is 1. The second-order valence-corrected chi connectivity index (χ2v) is 10.8. The Morgan fingerprint density at radius 1 is 1.28 bits per heavy atom. The van der Waals surface area contributed by atoms with Crippen LogP contribution in [0.2, 0.25) is 0 Å². The highest BCUT2D eigenvalue weighted by molar-refractivity contribution is 7.91. The number of rotatable bonds is 8. The lowest BCUT2D eigenvalue weighted by Crippen LogP contribution is -2.47. The van der Waals surface area contributed by atoms with Crippen molar-refractivity contribution in [3.8, 4) is 0 Å². The first-order valence-electron chi connectivity index (χ1n) is 9.92. The molecule has 1 aromatic heterocycles. The van der Waals surface area contributed by atoms with Crippen molar-refractivity contribution in [3.63, 3.8) is 0 Å². The van der Waals surface area contributed by atoms with E-state index in [0.717, 1.165) is 11.3 Å². The van der Waals surface area contributed by atoms with Gasteiger partial charge in [0.2, 0.25) is 5.91 Å². The summed E-state index contributed by atoms with van der Waals surface area (Å²) in [5.41, 5.74) is 1.18. The Morgan fingerprint density at radius 2 is 2.03 bits per heavy atom. The molecular formula is C22H28N2O3S2. The van der Waals surface area contributed by atoms with E-state index in [2.05, 4.69) is 18.7 Å². The number of thiophene rings is 1. The van der Waals surface area contributed by atoms with E-state index in [-0.39, 0.29) is 18.4 Å². The van der Waals surface area contributed by atoms with Gasteiger partial charge in [-0.3, -0.25) is 4.79 Å². The van der Waals surface area contributed by atoms with Crippen LogP contribution in [0.15, 0.2) is 59.3 Å². The molecule has 29 heavy (non-hydrogen) atoms. The van der Waals surface area contributed by atoms with Crippen molar-refractivity contribution in [3.05, 3.63) is 65.6 Å². The van der Waals surface area contributed by atoms with Crippen molar-refractivity contribution in [1.82, 2.24) is 9.21 Å². The number of nitrogens with zero attached hydrogens (tertiary/aromatic N) is 2. The molecule has 5 nitrogen and oxygen atoms in total. The van der Waals surface area contributed by atoms with Gasteiger partial charge in [0.25, 0.3) is 10.0 Å². The quantitative estimate of drug-likeness (QED) is 0.598. The lowest BCUT2D eigenvalue weighted by molar-refractivity contribution is -0.136. The number of carbonyl (C=O) groups excluding carboxylic acids is 1. The summed E-state index contributed by atoms with van der Waals surface area (Å²) in [5.74, 6) is -0.293. The maximum absolute atomic E-state index is 13.2. The molecule has 2 heterocycles. The van der Waals surface area contributed by atoms with Gasteiger partial charge in [-0.1, -0.05) is 36.4 Å². The minimum Gasteiger partial charge on any atom is -0.338 e. The van der Waals surface area contributed by atoms with Gasteiger partial charge in [0.05, 0.1) is 5.92 Å². The molecule has 156 valence electrons. The van der Waals surface area contributed by atoms with Gasteiger partial charge >= 0.3 is 0 Å². The van der Waals surface area contributed by atoms with Crippen molar-refractivity contribution < 1.29 is 13.2 Å². The number of hydrogen-bond acceptors (Lipinski definition) is 4. The van der Waals surface area contributed by atoms with Crippen LogP contribution in [0.25, 0.3) is 0 Å². The van der Waals surface area contributed by atoms with Crippen LogP contribution in [0.5, 0.6) is 0 Å². The first kappa shape index (κ1) is 21.7. The van der Waals surface area contributed by atoms with Crippen LogP contribution < -0.4 is 0 Å². The third-order valence-corrected chi connectivity index (χ3v) is 8.55. The molecule has 0 saturated carbocycles. The second kappa shape index (κ2) is 9.69. The van der Waals surface area contributed by atoms with Gasteiger partial charge in [-0.05, 0) is 43.9 Å². The van der Waals surface area contributed by atoms with E-state index in [1.165, 1.54) is 21.2 Å². The fourth-order valence-electron chi connectivity index (χ4n) is 3.65. The molecule has 3 rings (SSSR count). The number of aryl methyl sites for hydroxylation is 1. The minimum atomic E-state index is -3.54. The summed E-state index contributed by atoms with van der Waals surface area (Å²) in [6.07, 6.45) is 3.91. The zero-order valence-corrected chi connectivity index (χ0v) is 18.4. The molecule has 1 aliphatic heterocycles. The maximum Gasteiger partial charge on any atom is 0.252 e. The molecule has 0 bridgehead atoms. The monoisotopic (exact) mass is 432 g/mol. The summed E-state index contributed by atoms with van der Waals surface area (Å²) >= 11 is 1.28. The normalized spacial score (nSPS) is 17.8. The van der Waals surface area contributed by atoms with Crippen molar-refractivity contribution in [2.45, 2.75) is 30.4 Å². The Labute approximate surface area is 177 Å². The number of sulfonamides is 1. The van der Waals surface area contributed by atoms with Gasteiger partial charge in [-0.15, -0.1) is 17.9 Å². The maximum atomic E-state index is 13.2. The van der Waals surface area contributed by atoms with Crippen LogP contribution in [-0.2, 0) is 21.2 Å². The fourth-order valence-corrected chi connectivity index (χ4v) is 6.62. The largest absolute Gasteiger partial charge is 0.338 e. The second-order valence-electron chi connectivity index (χ2n) is 7.38. The Balaban J connectivity index is 1.68. The van der Waals surface area contributed by atoms with Gasteiger partial charge < -0.3 is 4.90 Å². The summed E-state index contributed by atoms with van der Waals surface area (Å²) in [4.78, 5) is 15.9. The van der Waals surface area contributed by atoms with Crippen LogP contribution in [0.3, 0.4) is 0 Å². The fraction of sp³-hybridized carbons (Fsp3) is 0.409. The standard InChI is InChI=1S/C22H28N2O3S2/c1-3-14-23(16-13-19-8-5-4-6-9-19)22(25)20-10-7-15-24(17-20)29(26,27)21-12-11-18(2)28-21/h3-6,8-9,11-12,20H,1,7,10,13-17H2,2H3. The minimum absolute atomic E-state index is 0.0168. The highest BCUT2D eigenvalue weighted by Crippen LogP contribution is 2.29. The summed E-state index contributed by atoms with van der Waals surface area (Å²) in [5, 5.41) is 0. The van der Waals surface area contributed by atoms with E-state index in [9.17, 15) is 13.2 Å². The molecular weight excluding hydrogens is 404 g/mol. The van der Waals surface area contributed by atoms with Crippen LogP contribution in [0.1, 0.15) is 23.3 Å². The molecule has 1 aliphatic rings. The third kappa shape index (κ3) is 5.35. The average molecular weight is 433 g/mol. The van der Waals surface area contributed by atoms with Crippen molar-refractivity contribution in [1.29, 1.82) is 0 Å². The van der Waals surface area contributed by atoms with Crippen LogP contribution in [0, 0.1) is 12.8 Å². The van der Waals surface area contributed by atoms with Crippen LogP contribution >= 0.6 is 11.3 Å². The molecule has 1 amide bonds. The summed E-state index contributed by atoms with van der Waals surface area (Å²) < 4.78 is 27.8. The predicted molar refractivity (Wildman–Crippen MR) is 117 cm³/mol. The molecule has 0 aliphatic carbocycles. The topological polar surface area (TPSA) is 57.7 Å². The molecule has 7 heteroatoms. The number of amides is 1. The zero-order valence-electron chi connectivity index (χ0n) is 16.8. The first-order chi connectivity index (χ1) is 13.9.